The predicted octanol–water partition coefficient (Wildman–Crippen LogP) is 1.96. The Bertz CT molecular complexity index is 505. The molecule has 0 unspecified atom stereocenters. The summed E-state index contributed by atoms with van der Waals surface area (Å²) in [5.74, 6) is 0.501. The first kappa shape index (κ1) is 13.5. The van der Waals surface area contributed by atoms with Gasteiger partial charge >= 0.3 is 15.5 Å². The highest BCUT2D eigenvalue weighted by Crippen LogP contribution is 2.24. The fourth-order valence-electron chi connectivity index (χ4n) is 0.880. The summed E-state index contributed by atoms with van der Waals surface area (Å²) in [6.45, 7) is 0. The Hall–Kier alpha value is -1.57. The molecule has 1 rings (SSSR count). The average molecular weight is 267 g/mol. The molecule has 0 aliphatic carbocycles. The molecule has 0 bridgehead atoms. The van der Waals surface area contributed by atoms with Gasteiger partial charge in [0.2, 0.25) is 0 Å². The van der Waals surface area contributed by atoms with Crippen molar-refractivity contribution in [2.24, 2.45) is 4.40 Å². The third-order valence-corrected chi connectivity index (χ3v) is 2.72. The zero-order valence-electron chi connectivity index (χ0n) is 8.60. The highest BCUT2D eigenvalue weighted by atomic mass is 32.2. The summed E-state index contributed by atoms with van der Waals surface area (Å²) in [6, 6.07) is 5.71. The SMILES string of the molecule is COc1ccc(/C=N/S(=O)(=O)C(F)(F)F)cc1. The lowest BCUT2D eigenvalue weighted by molar-refractivity contribution is -0.0435. The van der Waals surface area contributed by atoms with Crippen LogP contribution in [0.4, 0.5) is 13.2 Å². The highest BCUT2D eigenvalue weighted by Gasteiger charge is 2.45. The number of hydrogen-bond acceptors (Lipinski definition) is 3. The van der Waals surface area contributed by atoms with Crippen molar-refractivity contribution >= 4 is 16.2 Å². The van der Waals surface area contributed by atoms with Gasteiger partial charge in [-0.2, -0.15) is 26.0 Å². The number of hydrogen-bond donors (Lipinski definition) is 0. The molecule has 0 aliphatic heterocycles. The molecule has 0 spiro atoms. The van der Waals surface area contributed by atoms with Crippen LogP contribution in [0.25, 0.3) is 0 Å². The molecule has 0 fully saturated rings. The number of methoxy groups -OCH3 is 1. The zero-order valence-corrected chi connectivity index (χ0v) is 9.42. The summed E-state index contributed by atoms with van der Waals surface area (Å²) in [7, 11) is -4.05. The van der Waals surface area contributed by atoms with E-state index in [2.05, 4.69) is 4.40 Å². The van der Waals surface area contributed by atoms with E-state index < -0.39 is 15.5 Å². The van der Waals surface area contributed by atoms with Gasteiger partial charge in [0.15, 0.2) is 0 Å². The second kappa shape index (κ2) is 4.74. The molecule has 1 aromatic rings. The predicted molar refractivity (Wildman–Crippen MR) is 55.6 cm³/mol. The standard InChI is InChI=1S/C9H8F3NO3S/c1-16-8-4-2-7(3-5-8)6-13-17(14,15)9(10,11)12/h2-6H,1H3/b13-6+. The van der Waals surface area contributed by atoms with E-state index in [1.165, 1.54) is 31.4 Å². The van der Waals surface area contributed by atoms with E-state index in [1.807, 2.05) is 0 Å². The van der Waals surface area contributed by atoms with E-state index in [0.717, 1.165) is 0 Å². The van der Waals surface area contributed by atoms with Crippen LogP contribution in [0.1, 0.15) is 5.56 Å². The molecule has 0 saturated carbocycles. The van der Waals surface area contributed by atoms with Crippen molar-refractivity contribution in [3.05, 3.63) is 29.8 Å². The van der Waals surface area contributed by atoms with Gasteiger partial charge in [-0.3, -0.25) is 0 Å². The molecule has 4 nitrogen and oxygen atoms in total. The Morgan fingerprint density at radius 3 is 2.18 bits per heavy atom. The lowest BCUT2D eigenvalue weighted by atomic mass is 10.2. The molecular weight excluding hydrogens is 259 g/mol. The normalized spacial score (nSPS) is 12.9. The van der Waals surface area contributed by atoms with Crippen LogP contribution < -0.4 is 4.74 Å². The number of rotatable bonds is 3. The molecule has 1 aromatic carbocycles. The molecule has 17 heavy (non-hydrogen) atoms. The quantitative estimate of drug-likeness (QED) is 0.787. The number of ether oxygens (including phenoxy) is 1. The number of halogens is 3. The molecule has 0 aromatic heterocycles. The fourth-order valence-corrected chi connectivity index (χ4v) is 1.26. The van der Waals surface area contributed by atoms with Crippen LogP contribution in [0.3, 0.4) is 0 Å². The molecular formula is C9H8F3NO3S. The molecule has 0 amide bonds. The maximum Gasteiger partial charge on any atom is 0.518 e. The Morgan fingerprint density at radius 2 is 1.76 bits per heavy atom. The van der Waals surface area contributed by atoms with Crippen molar-refractivity contribution in [2.75, 3.05) is 7.11 Å². The van der Waals surface area contributed by atoms with Gasteiger partial charge in [0, 0.05) is 6.21 Å². The number of alkyl halides is 3. The first-order valence-corrected chi connectivity index (χ1v) is 5.71. The van der Waals surface area contributed by atoms with E-state index in [-0.39, 0.29) is 5.56 Å². The van der Waals surface area contributed by atoms with E-state index in [4.69, 9.17) is 4.74 Å². The summed E-state index contributed by atoms with van der Waals surface area (Å²) >= 11 is 0. The third-order valence-electron chi connectivity index (χ3n) is 1.75. The van der Waals surface area contributed by atoms with Gasteiger partial charge in [-0.05, 0) is 29.8 Å². The summed E-state index contributed by atoms with van der Waals surface area (Å²) in [5.41, 5.74) is -5.16. The summed E-state index contributed by atoms with van der Waals surface area (Å²) < 4.78 is 64.4. The lowest BCUT2D eigenvalue weighted by Gasteiger charge is -2.02. The maximum absolute atomic E-state index is 11.9. The molecule has 0 saturated heterocycles. The van der Waals surface area contributed by atoms with Crippen LogP contribution in [-0.2, 0) is 10.0 Å². The first-order chi connectivity index (χ1) is 7.76. The summed E-state index contributed by atoms with van der Waals surface area (Å²) in [6.07, 6.45) is 0.627. The minimum atomic E-state index is -5.47. The number of sulfonamides is 1. The van der Waals surface area contributed by atoms with Gasteiger partial charge in [-0.1, -0.05) is 0 Å². The lowest BCUT2D eigenvalue weighted by Crippen LogP contribution is -2.20. The minimum absolute atomic E-state index is 0.221. The highest BCUT2D eigenvalue weighted by molar-refractivity contribution is 7.91. The first-order valence-electron chi connectivity index (χ1n) is 4.27. The monoisotopic (exact) mass is 267 g/mol. The Kier molecular flexibility index (Phi) is 3.76. The molecule has 94 valence electrons. The molecule has 0 aliphatic rings. The molecule has 0 heterocycles. The van der Waals surface area contributed by atoms with E-state index in [9.17, 15) is 21.6 Å². The van der Waals surface area contributed by atoms with Gasteiger partial charge in [-0.15, -0.1) is 0 Å². The van der Waals surface area contributed by atoms with Crippen molar-refractivity contribution in [3.8, 4) is 5.75 Å². The maximum atomic E-state index is 11.9. The van der Waals surface area contributed by atoms with E-state index >= 15 is 0 Å². The second-order valence-corrected chi connectivity index (χ2v) is 4.55. The number of nitrogens with zero attached hydrogens (tertiary/aromatic N) is 1. The Morgan fingerprint density at radius 1 is 1.24 bits per heavy atom. The Labute approximate surface area is 95.8 Å². The van der Waals surface area contributed by atoms with Crippen molar-refractivity contribution in [1.29, 1.82) is 0 Å². The average Bonchev–Trinajstić information content (AvgIpc) is 2.25. The molecule has 0 atom stereocenters. The zero-order chi connectivity index (χ0) is 13.1. The second-order valence-electron chi connectivity index (χ2n) is 2.93. The van der Waals surface area contributed by atoms with Crippen molar-refractivity contribution < 1.29 is 26.3 Å². The summed E-state index contributed by atoms with van der Waals surface area (Å²) in [4.78, 5) is 0. The third kappa shape index (κ3) is 3.45. The van der Waals surface area contributed by atoms with Gasteiger partial charge in [0.05, 0.1) is 7.11 Å². The smallest absolute Gasteiger partial charge is 0.497 e. The van der Waals surface area contributed by atoms with Crippen LogP contribution in [0.5, 0.6) is 5.75 Å². The van der Waals surface area contributed by atoms with Gasteiger partial charge in [0.25, 0.3) is 0 Å². The van der Waals surface area contributed by atoms with Crippen LogP contribution in [0, 0.1) is 0 Å². The van der Waals surface area contributed by atoms with Crippen LogP contribution >= 0.6 is 0 Å². The minimum Gasteiger partial charge on any atom is -0.497 e. The van der Waals surface area contributed by atoms with Gasteiger partial charge in [0.1, 0.15) is 5.75 Å². The van der Waals surface area contributed by atoms with Crippen LogP contribution in [0.15, 0.2) is 28.7 Å². The largest absolute Gasteiger partial charge is 0.518 e. The molecule has 0 N–H and O–H groups in total. The van der Waals surface area contributed by atoms with Gasteiger partial charge < -0.3 is 4.74 Å². The fraction of sp³-hybridized carbons (Fsp3) is 0.222. The van der Waals surface area contributed by atoms with E-state index in [1.54, 1.807) is 0 Å². The molecule has 0 radical (unpaired) electrons. The summed E-state index contributed by atoms with van der Waals surface area (Å²) in [5, 5.41) is 0. The number of benzene rings is 1. The van der Waals surface area contributed by atoms with E-state index in [0.29, 0.717) is 12.0 Å². The molecule has 8 heteroatoms. The van der Waals surface area contributed by atoms with Crippen molar-refractivity contribution in [3.63, 3.8) is 0 Å². The topological polar surface area (TPSA) is 55.7 Å². The van der Waals surface area contributed by atoms with Crippen LogP contribution in [0.2, 0.25) is 0 Å². The van der Waals surface area contributed by atoms with Crippen molar-refractivity contribution in [1.82, 2.24) is 0 Å². The van der Waals surface area contributed by atoms with Gasteiger partial charge in [-0.25, -0.2) is 0 Å². The Balaban J connectivity index is 2.91. The van der Waals surface area contributed by atoms with Crippen molar-refractivity contribution in [2.45, 2.75) is 5.51 Å². The van der Waals surface area contributed by atoms with Crippen LogP contribution in [-0.4, -0.2) is 27.3 Å².